The molecule has 1 fully saturated rings. The molecule has 2 atom stereocenters. The first-order valence-electron chi connectivity index (χ1n) is 25.6. The van der Waals surface area contributed by atoms with Gasteiger partial charge in [0.05, 0.1) is 38.6 Å². The van der Waals surface area contributed by atoms with Gasteiger partial charge >= 0.3 is 11.9 Å². The van der Waals surface area contributed by atoms with E-state index in [2.05, 4.69) is 10.3 Å². The molecule has 10 N–H and O–H groups in total. The van der Waals surface area contributed by atoms with E-state index in [-0.39, 0.29) is 31.5 Å². The van der Waals surface area contributed by atoms with Crippen LogP contribution in [-0.4, -0.2) is 127 Å². The minimum absolute atomic E-state index is 0.0666. The molecular weight excluding hydrogens is 1120 g/mol. The zero-order chi connectivity index (χ0) is 60.5. The Morgan fingerprint density at radius 2 is 1.02 bits per heavy atom. The molecule has 1 aliphatic carbocycles. The molecule has 1 aliphatic rings. The fourth-order valence-corrected chi connectivity index (χ4v) is 8.93. The number of aryl methyl sites for hydroxylation is 4. The Hall–Kier alpha value is -5.81. The first-order valence-corrected chi connectivity index (χ1v) is 31.4. The fraction of sp³-hybridized carbons (Fsp3) is 0.463. The average Bonchev–Trinajstić information content (AvgIpc) is 3.37. The second-order valence-electron chi connectivity index (χ2n) is 18.5. The van der Waals surface area contributed by atoms with Gasteiger partial charge in [-0.1, -0.05) is 70.8 Å². The van der Waals surface area contributed by atoms with Gasteiger partial charge in [-0.05, 0) is 173 Å². The van der Waals surface area contributed by atoms with Crippen molar-refractivity contribution in [1.82, 2.24) is 5.32 Å². The van der Waals surface area contributed by atoms with Crippen molar-refractivity contribution in [1.29, 1.82) is 5.41 Å². The van der Waals surface area contributed by atoms with Crippen molar-refractivity contribution < 1.29 is 70.9 Å². The van der Waals surface area contributed by atoms with Crippen LogP contribution in [0.3, 0.4) is 0 Å². The van der Waals surface area contributed by atoms with Crippen LogP contribution in [0.1, 0.15) is 107 Å². The average molecular weight is 1200 g/mol. The van der Waals surface area contributed by atoms with E-state index in [1.807, 2.05) is 34.6 Å². The van der Waals surface area contributed by atoms with Crippen molar-refractivity contribution in [2.24, 2.45) is 27.4 Å². The van der Waals surface area contributed by atoms with Gasteiger partial charge in [0.15, 0.2) is 0 Å². The number of nitrogens with one attached hydrogen (secondary N) is 2. The third-order valence-electron chi connectivity index (χ3n) is 11.5. The standard InChI is InChI=1S/C26H48N6O4.4C7H8O3S/c1-3-35-26(34)24(9-5-6-16-30-18-15-27)32-22-12-10-21(11-13-22)14-19-36-25(33)23(29)8-4-7-17-31-20(2)28;4*1-6-2-4-7(5-3-6)11(8,9)10/h15,21,23-24,27,30H,3-14,16-19,29H2,1-2H3,(H2,28,31);4*2-5H,1H3,(H,8,9,10). The molecule has 2 unspecified atom stereocenters. The highest BCUT2D eigenvalue weighted by Gasteiger charge is 2.24. The van der Waals surface area contributed by atoms with Crippen molar-refractivity contribution in [2.75, 3.05) is 32.8 Å². The summed E-state index contributed by atoms with van der Waals surface area (Å²) in [5, 5.41) is 10.2. The highest BCUT2D eigenvalue weighted by molar-refractivity contribution is 7.86. The Labute approximate surface area is 472 Å². The number of amidine groups is 1. The van der Waals surface area contributed by atoms with Gasteiger partial charge in [-0.2, -0.15) is 33.7 Å². The van der Waals surface area contributed by atoms with Gasteiger partial charge in [-0.25, -0.2) is 4.79 Å². The first-order chi connectivity index (χ1) is 37.4. The Balaban J connectivity index is 0.000000582. The molecule has 446 valence electrons. The van der Waals surface area contributed by atoms with E-state index in [4.69, 9.17) is 49.6 Å². The predicted molar refractivity (Wildman–Crippen MR) is 309 cm³/mol. The number of hydrogen-bond acceptors (Lipinski definition) is 17. The molecule has 4 aromatic carbocycles. The summed E-state index contributed by atoms with van der Waals surface area (Å²) in [6.07, 6.45) is 10.6. The molecule has 0 aromatic heterocycles. The molecule has 80 heavy (non-hydrogen) atoms. The number of nitrogens with two attached hydrogens (primary N) is 2. The lowest BCUT2D eigenvalue weighted by molar-refractivity contribution is -0.146. The van der Waals surface area contributed by atoms with E-state index in [0.29, 0.717) is 50.9 Å². The minimum atomic E-state index is -4.02. The molecule has 0 bridgehead atoms. The van der Waals surface area contributed by atoms with Crippen LogP contribution in [-0.2, 0) is 59.5 Å². The van der Waals surface area contributed by atoms with Gasteiger partial charge in [0, 0.05) is 25.0 Å². The molecule has 26 heteroatoms. The summed E-state index contributed by atoms with van der Waals surface area (Å²) in [4.78, 5) is 33.2. The lowest BCUT2D eigenvalue weighted by Gasteiger charge is -2.24. The Morgan fingerprint density at radius 3 is 1.38 bits per heavy atom. The Morgan fingerprint density at radius 1 is 0.637 bits per heavy atom. The van der Waals surface area contributed by atoms with Gasteiger partial charge in [0.1, 0.15) is 12.1 Å². The summed E-state index contributed by atoms with van der Waals surface area (Å²) in [5.74, 6) is 0.464. The molecule has 22 nitrogen and oxygen atoms in total. The van der Waals surface area contributed by atoms with Crippen molar-refractivity contribution in [3.63, 3.8) is 0 Å². The van der Waals surface area contributed by atoms with Crippen molar-refractivity contribution in [3.8, 4) is 0 Å². The smallest absolute Gasteiger partial charge is 0.330 e. The van der Waals surface area contributed by atoms with E-state index in [0.717, 1.165) is 92.3 Å². The lowest BCUT2D eigenvalue weighted by atomic mass is 9.86. The number of hydrogen-bond donors (Lipinski definition) is 8. The van der Waals surface area contributed by atoms with E-state index < -0.39 is 52.6 Å². The summed E-state index contributed by atoms with van der Waals surface area (Å²) < 4.78 is 129. The van der Waals surface area contributed by atoms with E-state index in [1.165, 1.54) is 54.7 Å². The molecule has 0 amide bonds. The Bertz CT molecular complexity index is 2710. The van der Waals surface area contributed by atoms with E-state index in [9.17, 15) is 43.3 Å². The van der Waals surface area contributed by atoms with Gasteiger partial charge in [0.2, 0.25) is 0 Å². The summed E-state index contributed by atoms with van der Waals surface area (Å²) in [5.41, 5.74) is 16.4. The van der Waals surface area contributed by atoms with Crippen LogP contribution in [0.25, 0.3) is 0 Å². The third kappa shape index (κ3) is 33.1. The molecule has 0 saturated heterocycles. The number of ether oxygens (including phenoxy) is 2. The molecule has 0 spiro atoms. The number of esters is 2. The Kier molecular flexibility index (Phi) is 33.6. The normalized spacial score (nSPS) is 14.3. The maximum absolute atomic E-state index is 12.4. The summed E-state index contributed by atoms with van der Waals surface area (Å²) in [7, 11) is -16.1. The van der Waals surface area contributed by atoms with Crippen LogP contribution in [0.4, 0.5) is 0 Å². The molecule has 0 radical (unpaired) electrons. The first kappa shape index (κ1) is 72.2. The summed E-state index contributed by atoms with van der Waals surface area (Å²) in [6.45, 7) is 13.7. The van der Waals surface area contributed by atoms with Crippen molar-refractivity contribution in [3.05, 3.63) is 119 Å². The van der Waals surface area contributed by atoms with Crippen molar-refractivity contribution >= 4 is 70.2 Å². The van der Waals surface area contributed by atoms with E-state index >= 15 is 0 Å². The fourth-order valence-electron chi connectivity index (χ4n) is 7.01. The van der Waals surface area contributed by atoms with Gasteiger partial charge in [-0.15, -0.1) is 0 Å². The zero-order valence-electron chi connectivity index (χ0n) is 46.2. The number of nitrogens with zero attached hydrogens (tertiary/aromatic N) is 2. The quantitative estimate of drug-likeness (QED) is 0.0116. The summed E-state index contributed by atoms with van der Waals surface area (Å²) >= 11 is 0. The number of benzene rings is 4. The number of carbonyl (C=O) groups excluding carboxylic acids is 2. The predicted octanol–water partition coefficient (Wildman–Crippen LogP) is 7.73. The maximum Gasteiger partial charge on any atom is 0.330 e. The van der Waals surface area contributed by atoms with E-state index in [1.54, 1.807) is 55.5 Å². The monoisotopic (exact) mass is 1200 g/mol. The molecular formula is C54H80N6O16S4. The minimum Gasteiger partial charge on any atom is -0.465 e. The van der Waals surface area contributed by atoms with Crippen LogP contribution in [0.5, 0.6) is 0 Å². The number of rotatable bonds is 23. The molecule has 0 aliphatic heterocycles. The number of carbonyl (C=O) groups is 2. The second kappa shape index (κ2) is 37.3. The van der Waals surface area contributed by atoms with Crippen LogP contribution in [0, 0.1) is 39.0 Å². The SMILES string of the molecule is CCOC(=O)C(CCCCNCC=N)N=C1CCC(CCOC(=O)C(N)CCCCN=C(C)N)CC1.Cc1ccc(S(=O)(=O)O)cc1.Cc1ccc(S(=O)(=O)O)cc1.Cc1ccc(S(=O)(=O)O)cc1.Cc1ccc(S(=O)(=O)O)cc1. The van der Waals surface area contributed by atoms with Crippen LogP contribution in [0.15, 0.2) is 127 Å². The molecule has 4 aromatic rings. The zero-order valence-corrected chi connectivity index (χ0v) is 49.5. The van der Waals surface area contributed by atoms with Crippen molar-refractivity contribution in [2.45, 2.75) is 144 Å². The lowest BCUT2D eigenvalue weighted by Crippen LogP contribution is -2.32. The number of aliphatic imine (C=N–C) groups is 2. The second-order valence-corrected chi connectivity index (χ2v) is 24.2. The van der Waals surface area contributed by atoms with Gasteiger partial charge in [0.25, 0.3) is 40.5 Å². The highest BCUT2D eigenvalue weighted by Crippen LogP contribution is 2.26. The van der Waals surface area contributed by atoms with Crippen LogP contribution in [0.2, 0.25) is 0 Å². The third-order valence-corrected chi connectivity index (χ3v) is 15.0. The topological polar surface area (TPSA) is 383 Å². The maximum atomic E-state index is 12.4. The highest BCUT2D eigenvalue weighted by atomic mass is 32.2. The van der Waals surface area contributed by atoms with Gasteiger partial charge in [-0.3, -0.25) is 33.0 Å². The van der Waals surface area contributed by atoms with Gasteiger partial charge < -0.3 is 31.7 Å². The molecule has 1 saturated carbocycles. The van der Waals surface area contributed by atoms with Crippen LogP contribution >= 0.6 is 0 Å². The largest absolute Gasteiger partial charge is 0.465 e. The molecule has 5 rings (SSSR count). The van der Waals surface area contributed by atoms with Crippen LogP contribution < -0.4 is 16.8 Å². The molecule has 0 heterocycles. The number of unbranched alkanes of at least 4 members (excludes halogenated alkanes) is 2. The summed E-state index contributed by atoms with van der Waals surface area (Å²) in [6, 6.07) is 22.9.